The molecule has 2 aromatic rings. The zero-order chi connectivity index (χ0) is 12.3. The van der Waals surface area contributed by atoms with Gasteiger partial charge in [0.2, 0.25) is 0 Å². The van der Waals surface area contributed by atoms with E-state index < -0.39 is 10.9 Å². The summed E-state index contributed by atoms with van der Waals surface area (Å²) in [6.45, 7) is 0.372. The Bertz CT molecular complexity index is 571. The van der Waals surface area contributed by atoms with Crippen molar-refractivity contribution in [2.45, 2.75) is 12.8 Å². The Balaban J connectivity index is 1.78. The molecule has 2 N–H and O–H groups in total. The smallest absolute Gasteiger partial charge is 0.271 e. The lowest BCUT2D eigenvalue weighted by atomic mass is 10.1. The van der Waals surface area contributed by atoms with Crippen LogP contribution in [0.1, 0.15) is 12.0 Å². The van der Waals surface area contributed by atoms with Crippen LogP contribution in [0.4, 0.5) is 5.69 Å². The SMILES string of the molecule is Nc1c(OCCCc2ccncc2)c(=O)c1=O. The Kier molecular flexibility index (Phi) is 3.18. The molecule has 0 bridgehead atoms. The maximum absolute atomic E-state index is 11.0. The number of nitrogen functional groups attached to an aromatic ring is 1. The van der Waals surface area contributed by atoms with Crippen LogP contribution in [-0.2, 0) is 6.42 Å². The second-order valence-corrected chi connectivity index (χ2v) is 3.71. The van der Waals surface area contributed by atoms with Gasteiger partial charge in [0.15, 0.2) is 5.75 Å². The summed E-state index contributed by atoms with van der Waals surface area (Å²) >= 11 is 0. The van der Waals surface area contributed by atoms with Crippen molar-refractivity contribution in [3.8, 4) is 5.75 Å². The first-order valence-electron chi connectivity index (χ1n) is 5.30. The van der Waals surface area contributed by atoms with Crippen LogP contribution >= 0.6 is 0 Å². The van der Waals surface area contributed by atoms with E-state index in [1.807, 2.05) is 12.1 Å². The molecular weight excluding hydrogens is 220 g/mol. The Morgan fingerprint density at radius 2 is 1.88 bits per heavy atom. The highest BCUT2D eigenvalue weighted by atomic mass is 16.5. The first-order chi connectivity index (χ1) is 8.20. The van der Waals surface area contributed by atoms with Crippen molar-refractivity contribution >= 4 is 5.69 Å². The van der Waals surface area contributed by atoms with Crippen LogP contribution in [0.15, 0.2) is 34.1 Å². The van der Waals surface area contributed by atoms with Gasteiger partial charge in [-0.15, -0.1) is 0 Å². The summed E-state index contributed by atoms with van der Waals surface area (Å²) in [5, 5.41) is 0. The van der Waals surface area contributed by atoms with E-state index in [9.17, 15) is 9.59 Å². The van der Waals surface area contributed by atoms with E-state index in [4.69, 9.17) is 10.5 Å². The highest BCUT2D eigenvalue weighted by Gasteiger charge is 2.18. The number of anilines is 1. The van der Waals surface area contributed by atoms with Crippen LogP contribution in [-0.4, -0.2) is 11.6 Å². The van der Waals surface area contributed by atoms with Crippen molar-refractivity contribution in [1.29, 1.82) is 0 Å². The van der Waals surface area contributed by atoms with E-state index in [1.165, 1.54) is 0 Å². The molecule has 1 heterocycles. The number of hydrogen-bond donors (Lipinski definition) is 1. The predicted molar refractivity (Wildman–Crippen MR) is 63.8 cm³/mol. The lowest BCUT2D eigenvalue weighted by Gasteiger charge is -2.08. The van der Waals surface area contributed by atoms with Gasteiger partial charge in [-0.05, 0) is 30.5 Å². The quantitative estimate of drug-likeness (QED) is 0.591. The Labute approximate surface area is 97.6 Å². The topological polar surface area (TPSA) is 82.3 Å². The fraction of sp³-hybridized carbons (Fsp3) is 0.250. The third-order valence-electron chi connectivity index (χ3n) is 2.51. The maximum Gasteiger partial charge on any atom is 0.271 e. The number of aromatic nitrogens is 1. The molecule has 0 saturated carbocycles. The van der Waals surface area contributed by atoms with Crippen molar-refractivity contribution in [2.75, 3.05) is 12.3 Å². The van der Waals surface area contributed by atoms with Crippen molar-refractivity contribution in [3.63, 3.8) is 0 Å². The molecule has 5 nitrogen and oxygen atoms in total. The average Bonchev–Trinajstić information content (AvgIpc) is 2.38. The Morgan fingerprint density at radius 3 is 2.53 bits per heavy atom. The minimum Gasteiger partial charge on any atom is -0.487 e. The standard InChI is InChI=1S/C12H12N2O3/c13-9-10(15)11(16)12(9)17-7-1-2-8-3-5-14-6-4-8/h3-6H,1-2,7,13H2. The summed E-state index contributed by atoms with van der Waals surface area (Å²) in [7, 11) is 0. The molecule has 2 rings (SSSR count). The zero-order valence-corrected chi connectivity index (χ0v) is 9.18. The lowest BCUT2D eigenvalue weighted by molar-refractivity contribution is 0.306. The number of aryl methyl sites for hydroxylation is 1. The van der Waals surface area contributed by atoms with Gasteiger partial charge in [-0.3, -0.25) is 14.6 Å². The number of nitrogens with zero attached hydrogens (tertiary/aromatic N) is 1. The van der Waals surface area contributed by atoms with E-state index in [0.717, 1.165) is 18.4 Å². The first-order valence-corrected chi connectivity index (χ1v) is 5.30. The van der Waals surface area contributed by atoms with Gasteiger partial charge in [-0.1, -0.05) is 0 Å². The highest BCUT2D eigenvalue weighted by molar-refractivity contribution is 5.57. The third kappa shape index (κ3) is 2.33. The fourth-order valence-corrected chi connectivity index (χ4v) is 1.53. The molecule has 0 saturated heterocycles. The number of hydrogen-bond acceptors (Lipinski definition) is 5. The average molecular weight is 232 g/mol. The van der Waals surface area contributed by atoms with E-state index in [1.54, 1.807) is 12.4 Å². The molecule has 0 aliphatic heterocycles. The van der Waals surface area contributed by atoms with Gasteiger partial charge in [-0.2, -0.15) is 0 Å². The summed E-state index contributed by atoms with van der Waals surface area (Å²) < 4.78 is 5.16. The fourth-order valence-electron chi connectivity index (χ4n) is 1.53. The van der Waals surface area contributed by atoms with Crippen molar-refractivity contribution in [1.82, 2.24) is 4.98 Å². The van der Waals surface area contributed by atoms with Crippen LogP contribution < -0.4 is 21.3 Å². The van der Waals surface area contributed by atoms with Gasteiger partial charge < -0.3 is 10.5 Å². The van der Waals surface area contributed by atoms with Crippen LogP contribution in [0.2, 0.25) is 0 Å². The number of pyridine rings is 1. The summed E-state index contributed by atoms with van der Waals surface area (Å²) in [4.78, 5) is 25.7. The molecule has 0 amide bonds. The van der Waals surface area contributed by atoms with E-state index in [-0.39, 0.29) is 11.4 Å². The zero-order valence-electron chi connectivity index (χ0n) is 9.18. The third-order valence-corrected chi connectivity index (χ3v) is 2.51. The van der Waals surface area contributed by atoms with E-state index in [0.29, 0.717) is 6.61 Å². The van der Waals surface area contributed by atoms with Crippen molar-refractivity contribution < 1.29 is 4.74 Å². The molecule has 1 aromatic carbocycles. The van der Waals surface area contributed by atoms with Crippen molar-refractivity contribution in [3.05, 3.63) is 50.5 Å². The molecule has 0 unspecified atom stereocenters. The van der Waals surface area contributed by atoms with Crippen LogP contribution in [0.3, 0.4) is 0 Å². The minimum atomic E-state index is -0.644. The molecule has 1 aromatic heterocycles. The summed E-state index contributed by atoms with van der Waals surface area (Å²) in [6, 6.07) is 3.84. The monoisotopic (exact) mass is 232 g/mol. The maximum atomic E-state index is 11.0. The van der Waals surface area contributed by atoms with Crippen LogP contribution in [0.25, 0.3) is 0 Å². The van der Waals surface area contributed by atoms with Gasteiger partial charge in [0, 0.05) is 12.4 Å². The van der Waals surface area contributed by atoms with E-state index >= 15 is 0 Å². The van der Waals surface area contributed by atoms with Gasteiger partial charge in [0.25, 0.3) is 10.9 Å². The van der Waals surface area contributed by atoms with E-state index in [2.05, 4.69) is 4.98 Å². The van der Waals surface area contributed by atoms with Gasteiger partial charge in [0.1, 0.15) is 5.69 Å². The number of nitrogens with two attached hydrogens (primary N) is 1. The number of ether oxygens (including phenoxy) is 1. The molecule has 17 heavy (non-hydrogen) atoms. The largest absolute Gasteiger partial charge is 0.487 e. The van der Waals surface area contributed by atoms with Crippen LogP contribution in [0, 0.1) is 0 Å². The lowest BCUT2D eigenvalue weighted by Crippen LogP contribution is -2.35. The normalized spacial score (nSPS) is 10.6. The van der Waals surface area contributed by atoms with Crippen molar-refractivity contribution in [2.24, 2.45) is 0 Å². The molecule has 0 spiro atoms. The van der Waals surface area contributed by atoms with Gasteiger partial charge >= 0.3 is 0 Å². The molecule has 0 aliphatic rings. The number of rotatable bonds is 5. The minimum absolute atomic E-state index is 0.0183. The molecule has 0 fully saturated rings. The second kappa shape index (κ2) is 4.78. The molecule has 0 atom stereocenters. The summed E-state index contributed by atoms with van der Waals surface area (Å²) in [5.74, 6) is 0.0183. The van der Waals surface area contributed by atoms with Gasteiger partial charge in [-0.25, -0.2) is 0 Å². The molecule has 88 valence electrons. The highest BCUT2D eigenvalue weighted by Crippen LogP contribution is 2.13. The van der Waals surface area contributed by atoms with Crippen LogP contribution in [0.5, 0.6) is 5.75 Å². The summed E-state index contributed by atoms with van der Waals surface area (Å²) in [5.41, 5.74) is 5.16. The summed E-state index contributed by atoms with van der Waals surface area (Å²) in [6.07, 6.45) is 5.04. The van der Waals surface area contributed by atoms with Gasteiger partial charge in [0.05, 0.1) is 6.61 Å². The second-order valence-electron chi connectivity index (χ2n) is 3.71. The Morgan fingerprint density at radius 1 is 1.18 bits per heavy atom. The predicted octanol–water partition coefficient (Wildman–Crippen LogP) is 0.271. The first kappa shape index (κ1) is 11.3. The molecule has 0 aliphatic carbocycles. The Hall–Kier alpha value is -2.17. The molecular formula is C12H12N2O3. The molecule has 5 heteroatoms. The molecule has 0 radical (unpaired) electrons.